The summed E-state index contributed by atoms with van der Waals surface area (Å²) in [4.78, 5) is 37.3. The third kappa shape index (κ3) is 7.24. The first kappa shape index (κ1) is 27.3. The normalized spacial score (nSPS) is 17.1. The highest BCUT2D eigenvalue weighted by atomic mass is 19.1. The van der Waals surface area contributed by atoms with Gasteiger partial charge < -0.3 is 20.7 Å². The highest BCUT2D eigenvalue weighted by Gasteiger charge is 2.54. The fourth-order valence-corrected chi connectivity index (χ4v) is 2.89. The van der Waals surface area contributed by atoms with Crippen molar-refractivity contribution in [2.24, 2.45) is 11.3 Å². The van der Waals surface area contributed by atoms with Crippen molar-refractivity contribution in [3.63, 3.8) is 0 Å². The highest BCUT2D eigenvalue weighted by Crippen LogP contribution is 2.38. The van der Waals surface area contributed by atoms with Crippen LogP contribution in [0.1, 0.15) is 67.7 Å². The Morgan fingerprint density at radius 1 is 1.03 bits per heavy atom. The summed E-state index contributed by atoms with van der Waals surface area (Å²) in [7, 11) is 2.73. The molecule has 0 fully saturated rings. The Morgan fingerprint density at radius 2 is 1.59 bits per heavy atom. The molecule has 0 aromatic rings. The lowest BCUT2D eigenvalue weighted by atomic mass is 9.70. The van der Waals surface area contributed by atoms with Crippen LogP contribution < -0.4 is 16.0 Å². The van der Waals surface area contributed by atoms with Gasteiger partial charge in [-0.05, 0) is 32.6 Å². The lowest BCUT2D eigenvalue weighted by Crippen LogP contribution is -2.64. The number of carbonyl (C=O) groups excluding carboxylic acids is 3. The second kappa shape index (κ2) is 10.9. The summed E-state index contributed by atoms with van der Waals surface area (Å²) in [5.74, 6) is -1.39. The molecule has 29 heavy (non-hydrogen) atoms. The molecule has 3 atom stereocenters. The summed E-state index contributed by atoms with van der Waals surface area (Å²) >= 11 is 0. The molecular formula is C21H40FN3O4. The van der Waals surface area contributed by atoms with Gasteiger partial charge in [0.05, 0.1) is 12.0 Å². The van der Waals surface area contributed by atoms with Crippen molar-refractivity contribution in [2.75, 3.05) is 20.7 Å². The van der Waals surface area contributed by atoms with E-state index in [-0.39, 0.29) is 6.42 Å². The standard InChI is InChI=1S/C21H40FN3O4/c1-10-20(6,29-12-11-14(2)3)13-15(26)25-16(17(27)23-8)19(4,5)21(7,22)18(28)24-9/h14,16H,10-13H2,1-9H3,(H,23,27)(H,24,28)(H,25,26). The molecule has 0 aliphatic heterocycles. The van der Waals surface area contributed by atoms with Gasteiger partial charge in [0.2, 0.25) is 11.8 Å². The molecule has 0 radical (unpaired) electrons. The largest absolute Gasteiger partial charge is 0.375 e. The average Bonchev–Trinajstić information content (AvgIpc) is 2.63. The third-order valence-electron chi connectivity index (χ3n) is 5.83. The molecule has 0 bridgehead atoms. The fourth-order valence-electron chi connectivity index (χ4n) is 2.89. The molecule has 0 aromatic heterocycles. The number of hydrogen-bond acceptors (Lipinski definition) is 4. The summed E-state index contributed by atoms with van der Waals surface area (Å²) in [6, 6.07) is -1.25. The van der Waals surface area contributed by atoms with Gasteiger partial charge in [0, 0.05) is 26.1 Å². The molecule has 0 saturated heterocycles. The Bertz CT molecular complexity index is 578. The van der Waals surface area contributed by atoms with Crippen molar-refractivity contribution >= 4 is 17.7 Å². The smallest absolute Gasteiger partial charge is 0.257 e. The first-order valence-electron chi connectivity index (χ1n) is 10.2. The van der Waals surface area contributed by atoms with Crippen LogP contribution in [0.4, 0.5) is 4.39 Å². The minimum Gasteiger partial charge on any atom is -0.375 e. The van der Waals surface area contributed by atoms with Gasteiger partial charge in [0.15, 0.2) is 5.67 Å². The SMILES string of the molecule is CCC(C)(CC(=O)NC(C(=O)NC)C(C)(C)C(C)(F)C(=O)NC)OCCC(C)C. The maximum absolute atomic E-state index is 15.3. The number of rotatable bonds is 12. The minimum absolute atomic E-state index is 0.0220. The second-order valence-electron chi connectivity index (χ2n) is 8.93. The summed E-state index contributed by atoms with van der Waals surface area (Å²) < 4.78 is 21.3. The summed E-state index contributed by atoms with van der Waals surface area (Å²) in [6.45, 7) is 12.5. The lowest BCUT2D eigenvalue weighted by Gasteiger charge is -2.42. The molecule has 3 unspecified atom stereocenters. The van der Waals surface area contributed by atoms with Gasteiger partial charge >= 0.3 is 0 Å². The van der Waals surface area contributed by atoms with Crippen molar-refractivity contribution < 1.29 is 23.5 Å². The van der Waals surface area contributed by atoms with Gasteiger partial charge in [-0.1, -0.05) is 34.6 Å². The first-order chi connectivity index (χ1) is 13.2. The van der Waals surface area contributed by atoms with E-state index in [1.165, 1.54) is 27.9 Å². The molecule has 7 nitrogen and oxygen atoms in total. The maximum Gasteiger partial charge on any atom is 0.257 e. The van der Waals surface area contributed by atoms with E-state index in [1.54, 1.807) is 0 Å². The molecule has 3 N–H and O–H groups in total. The van der Waals surface area contributed by atoms with E-state index in [4.69, 9.17) is 4.74 Å². The van der Waals surface area contributed by atoms with Crippen LogP contribution in [0.15, 0.2) is 0 Å². The van der Waals surface area contributed by atoms with Gasteiger partial charge in [0.25, 0.3) is 5.91 Å². The Kier molecular flexibility index (Phi) is 10.3. The number of ether oxygens (including phenoxy) is 1. The number of halogens is 1. The molecule has 170 valence electrons. The van der Waals surface area contributed by atoms with E-state index in [0.717, 1.165) is 13.3 Å². The summed E-state index contributed by atoms with van der Waals surface area (Å²) in [5.41, 5.74) is -4.60. The van der Waals surface area contributed by atoms with E-state index >= 15 is 4.39 Å². The summed E-state index contributed by atoms with van der Waals surface area (Å²) in [6.07, 6.45) is 1.50. The number of likely N-dealkylation sites (N-methyl/N-ethyl adjacent to an activating group) is 1. The zero-order valence-electron chi connectivity index (χ0n) is 19.5. The number of hydrogen-bond donors (Lipinski definition) is 3. The number of carbonyl (C=O) groups is 3. The molecule has 0 aliphatic carbocycles. The zero-order valence-corrected chi connectivity index (χ0v) is 19.5. The lowest BCUT2D eigenvalue weighted by molar-refractivity contribution is -0.148. The van der Waals surface area contributed by atoms with Crippen LogP contribution in [0.2, 0.25) is 0 Å². The number of amides is 3. The number of nitrogens with one attached hydrogen (secondary N) is 3. The predicted octanol–water partition coefficient (Wildman–Crippen LogP) is 2.34. The molecule has 0 rings (SSSR count). The predicted molar refractivity (Wildman–Crippen MR) is 112 cm³/mol. The van der Waals surface area contributed by atoms with Crippen LogP contribution >= 0.6 is 0 Å². The van der Waals surface area contributed by atoms with Gasteiger partial charge in [-0.3, -0.25) is 14.4 Å². The number of alkyl halides is 1. The molecule has 0 aliphatic rings. The fraction of sp³-hybridized carbons (Fsp3) is 0.857. The molecule has 0 spiro atoms. The van der Waals surface area contributed by atoms with Crippen molar-refractivity contribution in [3.05, 3.63) is 0 Å². The van der Waals surface area contributed by atoms with E-state index in [0.29, 0.717) is 18.9 Å². The minimum atomic E-state index is -2.39. The third-order valence-corrected chi connectivity index (χ3v) is 5.83. The van der Waals surface area contributed by atoms with Crippen LogP contribution in [0.25, 0.3) is 0 Å². The zero-order chi connectivity index (χ0) is 23.0. The first-order valence-corrected chi connectivity index (χ1v) is 10.2. The van der Waals surface area contributed by atoms with Gasteiger partial charge in [-0.15, -0.1) is 0 Å². The van der Waals surface area contributed by atoms with Crippen LogP contribution in [0, 0.1) is 11.3 Å². The molecular weight excluding hydrogens is 377 g/mol. The van der Waals surface area contributed by atoms with Crippen molar-refractivity contribution in [3.8, 4) is 0 Å². The van der Waals surface area contributed by atoms with E-state index in [9.17, 15) is 14.4 Å². The molecule has 8 heteroatoms. The van der Waals surface area contributed by atoms with E-state index in [1.807, 2.05) is 13.8 Å². The van der Waals surface area contributed by atoms with Crippen molar-refractivity contribution in [1.82, 2.24) is 16.0 Å². The topological polar surface area (TPSA) is 96.5 Å². The Hall–Kier alpha value is -1.70. The maximum atomic E-state index is 15.3. The monoisotopic (exact) mass is 417 g/mol. The van der Waals surface area contributed by atoms with Crippen LogP contribution in [0.5, 0.6) is 0 Å². The Labute approximate surface area is 174 Å². The van der Waals surface area contributed by atoms with Gasteiger partial charge in [0.1, 0.15) is 6.04 Å². The Morgan fingerprint density at radius 3 is 2.00 bits per heavy atom. The van der Waals surface area contributed by atoms with Crippen LogP contribution in [0.3, 0.4) is 0 Å². The highest BCUT2D eigenvalue weighted by molar-refractivity contribution is 5.91. The quantitative estimate of drug-likeness (QED) is 0.454. The average molecular weight is 418 g/mol. The molecule has 0 saturated carbocycles. The van der Waals surface area contributed by atoms with Crippen LogP contribution in [-0.4, -0.2) is 55.7 Å². The molecule has 0 heterocycles. The van der Waals surface area contributed by atoms with Crippen molar-refractivity contribution in [1.29, 1.82) is 0 Å². The van der Waals surface area contributed by atoms with Crippen molar-refractivity contribution in [2.45, 2.75) is 85.0 Å². The Balaban J connectivity index is 5.50. The van der Waals surface area contributed by atoms with Crippen LogP contribution in [-0.2, 0) is 19.1 Å². The molecule has 0 aromatic carbocycles. The van der Waals surface area contributed by atoms with Gasteiger partial charge in [-0.25, -0.2) is 4.39 Å². The van der Waals surface area contributed by atoms with Gasteiger partial charge in [-0.2, -0.15) is 0 Å². The second-order valence-corrected chi connectivity index (χ2v) is 8.93. The molecule has 3 amide bonds. The van der Waals surface area contributed by atoms with E-state index < -0.39 is 40.4 Å². The van der Waals surface area contributed by atoms with E-state index in [2.05, 4.69) is 29.8 Å². The summed E-state index contributed by atoms with van der Waals surface area (Å²) in [5, 5.41) is 7.35.